The second kappa shape index (κ2) is 5.91. The fourth-order valence-electron chi connectivity index (χ4n) is 2.13. The zero-order valence-electron chi connectivity index (χ0n) is 10.3. The van der Waals surface area contributed by atoms with Crippen LogP contribution >= 0.6 is 11.6 Å². The third-order valence-electron chi connectivity index (χ3n) is 3.24. The fourth-order valence-corrected chi connectivity index (χ4v) is 2.35. The topological polar surface area (TPSA) is 67.6 Å². The lowest BCUT2D eigenvalue weighted by molar-refractivity contribution is 0.103. The molecule has 19 heavy (non-hydrogen) atoms. The number of nitriles is 1. The minimum Gasteiger partial charge on any atom is -0.465 e. The Labute approximate surface area is 116 Å². The van der Waals surface area contributed by atoms with Crippen molar-refractivity contribution in [1.29, 1.82) is 5.26 Å². The van der Waals surface area contributed by atoms with Gasteiger partial charge in [0.05, 0.1) is 10.6 Å². The highest BCUT2D eigenvalue weighted by Gasteiger charge is 2.21. The molecule has 0 radical (unpaired) electrons. The van der Waals surface area contributed by atoms with Gasteiger partial charge in [0.25, 0.3) is 0 Å². The van der Waals surface area contributed by atoms with E-state index in [1.807, 2.05) is 12.1 Å². The molecule has 0 unspecified atom stereocenters. The van der Waals surface area contributed by atoms with Crippen molar-refractivity contribution in [3.8, 4) is 6.07 Å². The van der Waals surface area contributed by atoms with Gasteiger partial charge in [0.15, 0.2) is 0 Å². The summed E-state index contributed by atoms with van der Waals surface area (Å²) < 4.78 is 0. The molecule has 1 amide bonds. The maximum absolute atomic E-state index is 10.8. The van der Waals surface area contributed by atoms with Crippen LogP contribution in [0.1, 0.15) is 11.1 Å². The molecule has 0 atom stereocenters. The second-order valence-electron chi connectivity index (χ2n) is 4.44. The normalized spacial score (nSPS) is 16.1. The zero-order valence-corrected chi connectivity index (χ0v) is 11.1. The first-order chi connectivity index (χ1) is 9.11. The Kier molecular flexibility index (Phi) is 4.25. The quantitative estimate of drug-likeness (QED) is 0.899. The Hall–Kier alpha value is -1.77. The minimum atomic E-state index is -0.871. The average Bonchev–Trinajstić information content (AvgIpc) is 2.42. The number of rotatable bonds is 2. The summed E-state index contributed by atoms with van der Waals surface area (Å²) >= 11 is 6.15. The summed E-state index contributed by atoms with van der Waals surface area (Å²) in [5.74, 6) is 0. The zero-order chi connectivity index (χ0) is 13.8. The number of hydrogen-bond donors (Lipinski definition) is 1. The number of piperazine rings is 1. The van der Waals surface area contributed by atoms with E-state index in [2.05, 4.69) is 11.0 Å². The summed E-state index contributed by atoms with van der Waals surface area (Å²) in [7, 11) is 0. The van der Waals surface area contributed by atoms with Gasteiger partial charge in [-0.3, -0.25) is 4.90 Å². The van der Waals surface area contributed by atoms with Gasteiger partial charge < -0.3 is 10.0 Å². The van der Waals surface area contributed by atoms with Crippen LogP contribution in [0.3, 0.4) is 0 Å². The summed E-state index contributed by atoms with van der Waals surface area (Å²) in [6.07, 6.45) is -0.871. The van der Waals surface area contributed by atoms with Crippen LogP contribution in [0.15, 0.2) is 18.2 Å². The average molecular weight is 280 g/mol. The van der Waals surface area contributed by atoms with Crippen LogP contribution in [-0.4, -0.2) is 47.2 Å². The van der Waals surface area contributed by atoms with Crippen LogP contribution in [0.4, 0.5) is 4.79 Å². The Morgan fingerprint density at radius 1 is 1.37 bits per heavy atom. The van der Waals surface area contributed by atoms with Gasteiger partial charge in [-0.1, -0.05) is 23.7 Å². The lowest BCUT2D eigenvalue weighted by atomic mass is 10.1. The van der Waals surface area contributed by atoms with Crippen molar-refractivity contribution in [2.24, 2.45) is 0 Å². The van der Waals surface area contributed by atoms with E-state index in [0.717, 1.165) is 5.56 Å². The van der Waals surface area contributed by atoms with Crippen LogP contribution in [0.2, 0.25) is 5.02 Å². The number of amides is 1. The van der Waals surface area contributed by atoms with E-state index in [4.69, 9.17) is 22.0 Å². The standard InChI is InChI=1S/C13H14ClN3O2/c14-12-10(8-15)2-1-3-11(12)9-16-4-6-17(7-5-16)13(18)19/h1-3H,4-7,9H2,(H,18,19). The number of hydrogen-bond acceptors (Lipinski definition) is 3. The van der Waals surface area contributed by atoms with Crippen molar-refractivity contribution in [2.75, 3.05) is 26.2 Å². The van der Waals surface area contributed by atoms with Gasteiger partial charge in [0.1, 0.15) is 6.07 Å². The van der Waals surface area contributed by atoms with Crippen molar-refractivity contribution in [2.45, 2.75) is 6.54 Å². The number of halogens is 1. The summed E-state index contributed by atoms with van der Waals surface area (Å²) in [6, 6.07) is 7.46. The predicted octanol–water partition coefficient (Wildman–Crippen LogP) is 2.01. The van der Waals surface area contributed by atoms with Gasteiger partial charge >= 0.3 is 6.09 Å². The molecular weight excluding hydrogens is 266 g/mol. The number of carboxylic acid groups (broad SMARTS) is 1. The largest absolute Gasteiger partial charge is 0.465 e. The van der Waals surface area contributed by atoms with Gasteiger partial charge in [0, 0.05) is 32.7 Å². The molecule has 1 aromatic carbocycles. The predicted molar refractivity (Wildman–Crippen MR) is 71.0 cm³/mol. The molecule has 0 bridgehead atoms. The first kappa shape index (κ1) is 13.7. The van der Waals surface area contributed by atoms with Crippen LogP contribution in [0, 0.1) is 11.3 Å². The van der Waals surface area contributed by atoms with Crippen LogP contribution in [0.5, 0.6) is 0 Å². The lowest BCUT2D eigenvalue weighted by Crippen LogP contribution is -2.47. The molecule has 0 aliphatic carbocycles. The van der Waals surface area contributed by atoms with E-state index in [1.165, 1.54) is 4.90 Å². The molecule has 1 saturated heterocycles. The maximum atomic E-state index is 10.8. The Morgan fingerprint density at radius 2 is 2.05 bits per heavy atom. The van der Waals surface area contributed by atoms with Crippen molar-refractivity contribution in [3.63, 3.8) is 0 Å². The molecular formula is C13H14ClN3O2. The SMILES string of the molecule is N#Cc1cccc(CN2CCN(C(=O)O)CC2)c1Cl. The van der Waals surface area contributed by atoms with Crippen LogP contribution in [-0.2, 0) is 6.54 Å². The van der Waals surface area contributed by atoms with Gasteiger partial charge in [0.2, 0.25) is 0 Å². The van der Waals surface area contributed by atoms with E-state index < -0.39 is 6.09 Å². The van der Waals surface area contributed by atoms with Gasteiger partial charge in [-0.2, -0.15) is 5.26 Å². The van der Waals surface area contributed by atoms with E-state index in [1.54, 1.807) is 6.07 Å². The van der Waals surface area contributed by atoms with E-state index >= 15 is 0 Å². The first-order valence-electron chi connectivity index (χ1n) is 5.99. The molecule has 0 saturated carbocycles. The third-order valence-corrected chi connectivity index (χ3v) is 3.68. The highest BCUT2D eigenvalue weighted by molar-refractivity contribution is 6.32. The van der Waals surface area contributed by atoms with E-state index in [9.17, 15) is 4.79 Å². The van der Waals surface area contributed by atoms with Gasteiger partial charge in [-0.05, 0) is 11.6 Å². The number of nitrogens with zero attached hydrogens (tertiary/aromatic N) is 3. The molecule has 0 spiro atoms. The van der Waals surface area contributed by atoms with Crippen LogP contribution < -0.4 is 0 Å². The minimum absolute atomic E-state index is 0.475. The summed E-state index contributed by atoms with van der Waals surface area (Å²) in [4.78, 5) is 14.4. The van der Waals surface area contributed by atoms with Gasteiger partial charge in [-0.15, -0.1) is 0 Å². The molecule has 6 heteroatoms. The highest BCUT2D eigenvalue weighted by Crippen LogP contribution is 2.22. The summed E-state index contributed by atoms with van der Waals surface area (Å²) in [5, 5.41) is 18.3. The highest BCUT2D eigenvalue weighted by atomic mass is 35.5. The monoisotopic (exact) mass is 279 g/mol. The van der Waals surface area contributed by atoms with Crippen molar-refractivity contribution in [1.82, 2.24) is 9.80 Å². The molecule has 5 nitrogen and oxygen atoms in total. The molecule has 2 rings (SSSR count). The van der Waals surface area contributed by atoms with Crippen molar-refractivity contribution in [3.05, 3.63) is 34.3 Å². The maximum Gasteiger partial charge on any atom is 0.407 e. The number of benzene rings is 1. The van der Waals surface area contributed by atoms with Gasteiger partial charge in [-0.25, -0.2) is 4.79 Å². The fraction of sp³-hybridized carbons (Fsp3) is 0.385. The van der Waals surface area contributed by atoms with Crippen LogP contribution in [0.25, 0.3) is 0 Å². The van der Waals surface area contributed by atoms with E-state index in [0.29, 0.717) is 43.3 Å². The van der Waals surface area contributed by atoms with Crippen molar-refractivity contribution >= 4 is 17.7 Å². The summed E-state index contributed by atoms with van der Waals surface area (Å²) in [5.41, 5.74) is 1.38. The second-order valence-corrected chi connectivity index (χ2v) is 4.81. The number of carbonyl (C=O) groups is 1. The smallest absolute Gasteiger partial charge is 0.407 e. The Balaban J connectivity index is 2.00. The lowest BCUT2D eigenvalue weighted by Gasteiger charge is -2.33. The van der Waals surface area contributed by atoms with Crippen molar-refractivity contribution < 1.29 is 9.90 Å². The molecule has 100 valence electrons. The molecule has 1 heterocycles. The first-order valence-corrected chi connectivity index (χ1v) is 6.37. The molecule has 1 N–H and O–H groups in total. The molecule has 1 aromatic rings. The third kappa shape index (κ3) is 3.16. The molecule has 0 aromatic heterocycles. The Morgan fingerprint density at radius 3 is 2.63 bits per heavy atom. The molecule has 1 fully saturated rings. The van der Waals surface area contributed by atoms with E-state index in [-0.39, 0.29) is 0 Å². The summed E-state index contributed by atoms with van der Waals surface area (Å²) in [6.45, 7) is 3.01. The Bertz CT molecular complexity index is 519. The molecule has 1 aliphatic rings. The molecule has 1 aliphatic heterocycles.